The lowest BCUT2D eigenvalue weighted by atomic mass is 10.1. The Kier molecular flexibility index (Phi) is 6.43. The third kappa shape index (κ3) is 4.24. The number of hydrogen-bond donors (Lipinski definition) is 0. The van der Waals surface area contributed by atoms with E-state index < -0.39 is 16.0 Å². The molecule has 148 valence electrons. The van der Waals surface area contributed by atoms with Crippen molar-refractivity contribution in [2.24, 2.45) is 0 Å². The minimum absolute atomic E-state index is 0.115. The molecule has 0 amide bonds. The highest BCUT2D eigenvalue weighted by atomic mass is 32.2. The van der Waals surface area contributed by atoms with Gasteiger partial charge in [0, 0.05) is 17.3 Å². The Morgan fingerprint density at radius 3 is 2.64 bits per heavy atom. The number of sulfonamides is 1. The van der Waals surface area contributed by atoms with Crippen LogP contribution in [0.5, 0.6) is 0 Å². The monoisotopic (exact) mass is 418 g/mol. The third-order valence-corrected chi connectivity index (χ3v) is 6.93. The SMILES string of the molecule is CCCN(Cc1nc(C(=O)OCC)cs1)S(=O)(=O)c1cccc2ccccc12. The number of nitrogens with zero attached hydrogens (tertiary/aromatic N) is 2. The van der Waals surface area contributed by atoms with E-state index in [2.05, 4.69) is 4.98 Å². The van der Waals surface area contributed by atoms with Crippen molar-refractivity contribution in [1.29, 1.82) is 0 Å². The number of rotatable bonds is 8. The number of ether oxygens (including phenoxy) is 1. The highest BCUT2D eigenvalue weighted by molar-refractivity contribution is 7.89. The fourth-order valence-electron chi connectivity index (χ4n) is 2.93. The van der Waals surface area contributed by atoms with E-state index in [0.29, 0.717) is 23.4 Å². The van der Waals surface area contributed by atoms with Crippen LogP contribution < -0.4 is 0 Å². The average Bonchev–Trinajstić information content (AvgIpc) is 3.16. The quantitative estimate of drug-likeness (QED) is 0.515. The Bertz CT molecular complexity index is 1070. The van der Waals surface area contributed by atoms with Gasteiger partial charge in [0.05, 0.1) is 18.0 Å². The molecule has 0 saturated heterocycles. The molecule has 1 aromatic heterocycles. The molecule has 28 heavy (non-hydrogen) atoms. The normalized spacial score (nSPS) is 11.8. The molecular formula is C20H22N2O4S2. The van der Waals surface area contributed by atoms with E-state index in [1.165, 1.54) is 15.6 Å². The second kappa shape index (κ2) is 8.81. The standard InChI is InChI=1S/C20H22N2O4S2/c1-3-12-22(13-19-21-17(14-27-19)20(23)26-4-2)28(24,25)18-11-7-9-15-8-5-6-10-16(15)18/h5-11,14H,3-4,12-13H2,1-2H3. The molecule has 0 unspecified atom stereocenters. The summed E-state index contributed by atoms with van der Waals surface area (Å²) in [5.41, 5.74) is 0.209. The molecular weight excluding hydrogens is 396 g/mol. The number of aromatic nitrogens is 1. The zero-order valence-electron chi connectivity index (χ0n) is 15.8. The highest BCUT2D eigenvalue weighted by Gasteiger charge is 2.27. The molecule has 3 aromatic rings. The molecule has 3 rings (SSSR count). The zero-order valence-corrected chi connectivity index (χ0v) is 17.4. The third-order valence-electron chi connectivity index (χ3n) is 4.19. The van der Waals surface area contributed by atoms with Crippen molar-refractivity contribution in [3.63, 3.8) is 0 Å². The molecule has 6 nitrogen and oxygen atoms in total. The van der Waals surface area contributed by atoms with E-state index >= 15 is 0 Å². The van der Waals surface area contributed by atoms with Gasteiger partial charge in [-0.15, -0.1) is 11.3 Å². The van der Waals surface area contributed by atoms with E-state index in [1.807, 2.05) is 37.3 Å². The van der Waals surface area contributed by atoms with Crippen LogP contribution >= 0.6 is 11.3 Å². The Balaban J connectivity index is 1.94. The van der Waals surface area contributed by atoms with Gasteiger partial charge in [-0.2, -0.15) is 4.31 Å². The minimum Gasteiger partial charge on any atom is -0.461 e. The molecule has 0 radical (unpaired) electrons. The van der Waals surface area contributed by atoms with Crippen LogP contribution in [-0.2, 0) is 21.3 Å². The maximum absolute atomic E-state index is 13.4. The number of fused-ring (bicyclic) bond motifs is 1. The summed E-state index contributed by atoms with van der Waals surface area (Å²) in [7, 11) is -3.73. The Hall–Kier alpha value is -2.29. The van der Waals surface area contributed by atoms with Crippen molar-refractivity contribution in [3.8, 4) is 0 Å². The number of thiazole rings is 1. The topological polar surface area (TPSA) is 76.6 Å². The van der Waals surface area contributed by atoms with Crippen LogP contribution in [0.1, 0.15) is 35.8 Å². The van der Waals surface area contributed by atoms with Crippen LogP contribution in [0.2, 0.25) is 0 Å². The molecule has 0 atom stereocenters. The molecule has 0 spiro atoms. The van der Waals surface area contributed by atoms with Crippen molar-refractivity contribution >= 4 is 38.1 Å². The molecule has 0 aliphatic carbocycles. The number of carbonyl (C=O) groups excluding carboxylic acids is 1. The molecule has 0 aliphatic rings. The summed E-state index contributed by atoms with van der Waals surface area (Å²) in [6.07, 6.45) is 0.667. The van der Waals surface area contributed by atoms with Gasteiger partial charge in [-0.1, -0.05) is 43.3 Å². The van der Waals surface area contributed by atoms with E-state index in [9.17, 15) is 13.2 Å². The van der Waals surface area contributed by atoms with E-state index in [1.54, 1.807) is 24.4 Å². The smallest absolute Gasteiger partial charge is 0.357 e. The van der Waals surface area contributed by atoms with Gasteiger partial charge in [0.25, 0.3) is 0 Å². The van der Waals surface area contributed by atoms with Gasteiger partial charge in [0.2, 0.25) is 10.0 Å². The van der Waals surface area contributed by atoms with Gasteiger partial charge in [-0.3, -0.25) is 0 Å². The maximum atomic E-state index is 13.4. The summed E-state index contributed by atoms with van der Waals surface area (Å²) in [6.45, 7) is 4.40. The average molecular weight is 419 g/mol. The highest BCUT2D eigenvalue weighted by Crippen LogP contribution is 2.27. The lowest BCUT2D eigenvalue weighted by Crippen LogP contribution is -2.31. The van der Waals surface area contributed by atoms with Crippen LogP contribution in [-0.4, -0.2) is 36.8 Å². The fraction of sp³-hybridized carbons (Fsp3) is 0.300. The Morgan fingerprint density at radius 2 is 1.89 bits per heavy atom. The van der Waals surface area contributed by atoms with Crippen LogP contribution in [0.3, 0.4) is 0 Å². The van der Waals surface area contributed by atoms with Gasteiger partial charge in [-0.25, -0.2) is 18.2 Å². The fourth-order valence-corrected chi connectivity index (χ4v) is 5.49. The first-order valence-electron chi connectivity index (χ1n) is 9.06. The van der Waals surface area contributed by atoms with Crippen LogP contribution in [0.15, 0.2) is 52.7 Å². The molecule has 0 saturated carbocycles. The van der Waals surface area contributed by atoms with Crippen LogP contribution in [0, 0.1) is 0 Å². The Morgan fingerprint density at radius 1 is 1.14 bits per heavy atom. The molecule has 0 N–H and O–H groups in total. The summed E-state index contributed by atoms with van der Waals surface area (Å²) in [4.78, 5) is 16.4. The summed E-state index contributed by atoms with van der Waals surface area (Å²) in [5, 5.41) is 3.72. The number of carbonyl (C=O) groups is 1. The molecule has 0 bridgehead atoms. The first-order valence-corrected chi connectivity index (χ1v) is 11.4. The number of benzene rings is 2. The molecule has 8 heteroatoms. The molecule has 0 aliphatic heterocycles. The second-order valence-electron chi connectivity index (χ2n) is 6.16. The van der Waals surface area contributed by atoms with Crippen LogP contribution in [0.25, 0.3) is 10.8 Å². The van der Waals surface area contributed by atoms with Crippen molar-refractivity contribution in [1.82, 2.24) is 9.29 Å². The largest absolute Gasteiger partial charge is 0.461 e. The predicted octanol–water partition coefficient (Wildman–Crippen LogP) is 4.07. The van der Waals surface area contributed by atoms with Gasteiger partial charge in [0.1, 0.15) is 5.01 Å². The van der Waals surface area contributed by atoms with Crippen molar-refractivity contribution in [2.45, 2.75) is 31.7 Å². The minimum atomic E-state index is -3.73. The van der Waals surface area contributed by atoms with Crippen molar-refractivity contribution in [2.75, 3.05) is 13.2 Å². The summed E-state index contributed by atoms with van der Waals surface area (Å²) in [6, 6.07) is 12.7. The number of hydrogen-bond acceptors (Lipinski definition) is 6. The summed E-state index contributed by atoms with van der Waals surface area (Å²) >= 11 is 1.25. The first-order chi connectivity index (χ1) is 13.5. The summed E-state index contributed by atoms with van der Waals surface area (Å²) in [5.74, 6) is -0.496. The summed E-state index contributed by atoms with van der Waals surface area (Å²) < 4.78 is 33.2. The number of esters is 1. The van der Waals surface area contributed by atoms with Gasteiger partial charge in [0.15, 0.2) is 5.69 Å². The van der Waals surface area contributed by atoms with E-state index in [0.717, 1.165) is 5.39 Å². The van der Waals surface area contributed by atoms with Gasteiger partial charge < -0.3 is 4.74 Å². The zero-order chi connectivity index (χ0) is 20.1. The first kappa shape index (κ1) is 20.4. The van der Waals surface area contributed by atoms with Gasteiger partial charge in [-0.05, 0) is 24.8 Å². The molecule has 2 aromatic carbocycles. The van der Waals surface area contributed by atoms with E-state index in [4.69, 9.17) is 4.74 Å². The predicted molar refractivity (Wildman–Crippen MR) is 110 cm³/mol. The van der Waals surface area contributed by atoms with E-state index in [-0.39, 0.29) is 23.7 Å². The lowest BCUT2D eigenvalue weighted by Gasteiger charge is -2.21. The van der Waals surface area contributed by atoms with Gasteiger partial charge >= 0.3 is 5.97 Å². The van der Waals surface area contributed by atoms with Crippen molar-refractivity contribution in [3.05, 3.63) is 58.5 Å². The Labute approximate surface area is 168 Å². The van der Waals surface area contributed by atoms with Crippen molar-refractivity contribution < 1.29 is 17.9 Å². The second-order valence-corrected chi connectivity index (χ2v) is 9.01. The van der Waals surface area contributed by atoms with Crippen LogP contribution in [0.4, 0.5) is 0 Å². The molecule has 1 heterocycles. The molecule has 0 fully saturated rings. The maximum Gasteiger partial charge on any atom is 0.357 e. The lowest BCUT2D eigenvalue weighted by molar-refractivity contribution is 0.0520.